The molecule has 0 saturated heterocycles. The number of rotatable bonds is 9. The number of hydrogen-bond donors (Lipinski definition) is 1. The lowest BCUT2D eigenvalue weighted by atomic mass is 10.1. The Morgan fingerprint density at radius 1 is 1.03 bits per heavy atom. The molecule has 4 rings (SSSR count). The van der Waals surface area contributed by atoms with Crippen LogP contribution in [0.5, 0.6) is 17.2 Å². The van der Waals surface area contributed by atoms with Crippen LogP contribution in [0.15, 0.2) is 52.6 Å². The molecule has 0 aliphatic heterocycles. The lowest BCUT2D eigenvalue weighted by molar-refractivity contribution is 0.0520. The van der Waals surface area contributed by atoms with Crippen LogP contribution in [0.25, 0.3) is 16.5 Å². The molecule has 2 heterocycles. The Morgan fingerprint density at radius 3 is 2.43 bits per heavy atom. The summed E-state index contributed by atoms with van der Waals surface area (Å²) in [5.41, 5.74) is 0.0798. The highest BCUT2D eigenvalue weighted by Gasteiger charge is 2.24. The maximum absolute atomic E-state index is 13.6. The van der Waals surface area contributed by atoms with Crippen molar-refractivity contribution >= 4 is 39.0 Å². The van der Waals surface area contributed by atoms with Crippen molar-refractivity contribution in [1.29, 1.82) is 0 Å². The number of methoxy groups -OCH3 is 2. The SMILES string of the molecule is CCOC(=O)c1nn(-c2ccc(OCC)cc2)c(=O)c2c(NC(=O)c3cccc(OC)c3OC)scc12. The van der Waals surface area contributed by atoms with Crippen molar-refractivity contribution in [3.8, 4) is 22.9 Å². The molecule has 0 saturated carbocycles. The summed E-state index contributed by atoms with van der Waals surface area (Å²) in [6, 6.07) is 11.6. The zero-order chi connectivity index (χ0) is 26.5. The van der Waals surface area contributed by atoms with E-state index in [9.17, 15) is 14.4 Å². The minimum absolute atomic E-state index is 0.0407. The van der Waals surface area contributed by atoms with E-state index in [-0.39, 0.29) is 39.4 Å². The first-order valence-corrected chi connectivity index (χ1v) is 12.3. The zero-order valence-corrected chi connectivity index (χ0v) is 21.5. The monoisotopic (exact) mass is 523 g/mol. The van der Waals surface area contributed by atoms with E-state index in [2.05, 4.69) is 10.4 Å². The number of para-hydroxylation sites is 1. The molecule has 0 atom stereocenters. The average Bonchev–Trinajstić information content (AvgIpc) is 3.33. The van der Waals surface area contributed by atoms with Crippen LogP contribution in [-0.2, 0) is 4.74 Å². The number of carbonyl (C=O) groups is 2. The summed E-state index contributed by atoms with van der Waals surface area (Å²) < 4.78 is 22.4. The molecule has 0 unspecified atom stereocenters. The summed E-state index contributed by atoms with van der Waals surface area (Å²) in [7, 11) is 2.90. The number of nitrogens with zero attached hydrogens (tertiary/aromatic N) is 2. The van der Waals surface area contributed by atoms with Gasteiger partial charge in [-0.3, -0.25) is 9.59 Å². The summed E-state index contributed by atoms with van der Waals surface area (Å²) in [6.45, 7) is 4.17. The molecular weight excluding hydrogens is 498 g/mol. The molecule has 37 heavy (non-hydrogen) atoms. The number of ether oxygens (including phenoxy) is 4. The molecule has 0 fully saturated rings. The van der Waals surface area contributed by atoms with Crippen molar-refractivity contribution in [2.24, 2.45) is 0 Å². The van der Waals surface area contributed by atoms with Gasteiger partial charge < -0.3 is 24.3 Å². The third-order valence-electron chi connectivity index (χ3n) is 5.39. The number of carbonyl (C=O) groups excluding carboxylic acids is 2. The molecule has 11 heteroatoms. The second-order valence-corrected chi connectivity index (χ2v) is 8.44. The molecular formula is C26H25N3O7S. The van der Waals surface area contributed by atoms with Crippen molar-refractivity contribution < 1.29 is 28.5 Å². The van der Waals surface area contributed by atoms with Gasteiger partial charge >= 0.3 is 5.97 Å². The lowest BCUT2D eigenvalue weighted by Crippen LogP contribution is -2.25. The number of hydrogen-bond acceptors (Lipinski definition) is 9. The molecule has 2 aromatic heterocycles. The number of amides is 1. The number of esters is 1. The molecule has 4 aromatic rings. The second kappa shape index (κ2) is 11.1. The Kier molecular flexibility index (Phi) is 7.73. The fourth-order valence-electron chi connectivity index (χ4n) is 3.75. The van der Waals surface area contributed by atoms with E-state index in [0.717, 1.165) is 16.0 Å². The van der Waals surface area contributed by atoms with Crippen LogP contribution in [0.2, 0.25) is 0 Å². The van der Waals surface area contributed by atoms with Crippen LogP contribution >= 0.6 is 11.3 Å². The normalized spacial score (nSPS) is 10.7. The minimum Gasteiger partial charge on any atom is -0.494 e. The summed E-state index contributed by atoms with van der Waals surface area (Å²) in [5, 5.41) is 9.35. The first-order chi connectivity index (χ1) is 17.9. The summed E-state index contributed by atoms with van der Waals surface area (Å²) in [6.07, 6.45) is 0. The Morgan fingerprint density at radius 2 is 1.78 bits per heavy atom. The van der Waals surface area contributed by atoms with Crippen LogP contribution in [0, 0.1) is 0 Å². The third-order valence-corrected chi connectivity index (χ3v) is 6.28. The minimum atomic E-state index is -0.683. The van der Waals surface area contributed by atoms with E-state index < -0.39 is 17.4 Å². The van der Waals surface area contributed by atoms with Gasteiger partial charge in [0.2, 0.25) is 0 Å². The Balaban J connectivity index is 1.85. The molecule has 192 valence electrons. The Labute approximate surface area is 216 Å². The lowest BCUT2D eigenvalue weighted by Gasteiger charge is -2.13. The van der Waals surface area contributed by atoms with Crippen molar-refractivity contribution in [1.82, 2.24) is 9.78 Å². The van der Waals surface area contributed by atoms with Gasteiger partial charge in [0.15, 0.2) is 17.2 Å². The van der Waals surface area contributed by atoms with Crippen LogP contribution < -0.4 is 25.1 Å². The van der Waals surface area contributed by atoms with Crippen LogP contribution in [0.1, 0.15) is 34.7 Å². The van der Waals surface area contributed by atoms with Gasteiger partial charge in [-0.05, 0) is 50.2 Å². The van der Waals surface area contributed by atoms with Crippen molar-refractivity contribution in [2.75, 3.05) is 32.8 Å². The molecule has 0 radical (unpaired) electrons. The van der Waals surface area contributed by atoms with E-state index in [0.29, 0.717) is 23.8 Å². The van der Waals surface area contributed by atoms with Gasteiger partial charge in [-0.2, -0.15) is 9.78 Å². The highest BCUT2D eigenvalue weighted by Crippen LogP contribution is 2.34. The summed E-state index contributed by atoms with van der Waals surface area (Å²) >= 11 is 1.10. The molecule has 2 aromatic carbocycles. The zero-order valence-electron chi connectivity index (χ0n) is 20.7. The van der Waals surface area contributed by atoms with Gasteiger partial charge in [0.25, 0.3) is 11.5 Å². The number of nitrogens with one attached hydrogen (secondary N) is 1. The highest BCUT2D eigenvalue weighted by atomic mass is 32.1. The fourth-order valence-corrected chi connectivity index (χ4v) is 4.69. The van der Waals surface area contributed by atoms with Gasteiger partial charge in [-0.15, -0.1) is 11.3 Å². The fraction of sp³-hybridized carbons (Fsp3) is 0.231. The number of thiophene rings is 1. The second-order valence-electron chi connectivity index (χ2n) is 7.56. The largest absolute Gasteiger partial charge is 0.494 e. The van der Waals surface area contributed by atoms with Gasteiger partial charge in [0.05, 0.1) is 44.1 Å². The molecule has 1 N–H and O–H groups in total. The van der Waals surface area contributed by atoms with Crippen LogP contribution in [0.3, 0.4) is 0 Å². The quantitative estimate of drug-likeness (QED) is 0.323. The Bertz CT molecular complexity index is 1510. The van der Waals surface area contributed by atoms with Crippen molar-refractivity contribution in [3.63, 3.8) is 0 Å². The molecule has 0 aliphatic rings. The predicted octanol–water partition coefficient (Wildman–Crippen LogP) is 4.29. The highest BCUT2D eigenvalue weighted by molar-refractivity contribution is 7.16. The predicted molar refractivity (Wildman–Crippen MR) is 140 cm³/mol. The summed E-state index contributed by atoms with van der Waals surface area (Å²) in [4.78, 5) is 39.6. The smallest absolute Gasteiger partial charge is 0.359 e. The summed E-state index contributed by atoms with van der Waals surface area (Å²) in [5.74, 6) is 0.0712. The topological polar surface area (TPSA) is 118 Å². The molecule has 1 amide bonds. The molecule has 0 aliphatic carbocycles. The van der Waals surface area contributed by atoms with Gasteiger partial charge in [-0.25, -0.2) is 4.79 Å². The number of benzene rings is 2. The first kappa shape index (κ1) is 25.7. The number of fused-ring (bicyclic) bond motifs is 1. The number of aromatic nitrogens is 2. The van der Waals surface area contributed by atoms with Crippen molar-refractivity contribution in [3.05, 3.63) is 69.5 Å². The van der Waals surface area contributed by atoms with Gasteiger partial charge in [0, 0.05) is 10.8 Å². The maximum Gasteiger partial charge on any atom is 0.359 e. The Hall–Kier alpha value is -4.38. The van der Waals surface area contributed by atoms with E-state index in [1.165, 1.54) is 14.2 Å². The van der Waals surface area contributed by atoms with E-state index in [1.54, 1.807) is 54.8 Å². The van der Waals surface area contributed by atoms with E-state index in [1.807, 2.05) is 6.92 Å². The number of anilines is 1. The van der Waals surface area contributed by atoms with Gasteiger partial charge in [-0.1, -0.05) is 6.07 Å². The van der Waals surface area contributed by atoms with Crippen LogP contribution in [0.4, 0.5) is 5.00 Å². The molecule has 0 spiro atoms. The van der Waals surface area contributed by atoms with Gasteiger partial charge in [0.1, 0.15) is 10.8 Å². The first-order valence-electron chi connectivity index (χ1n) is 11.4. The van der Waals surface area contributed by atoms with Crippen molar-refractivity contribution in [2.45, 2.75) is 13.8 Å². The molecule has 0 bridgehead atoms. The van der Waals surface area contributed by atoms with E-state index in [4.69, 9.17) is 18.9 Å². The third kappa shape index (κ3) is 4.98. The van der Waals surface area contributed by atoms with Crippen LogP contribution in [-0.4, -0.2) is 49.1 Å². The maximum atomic E-state index is 13.6. The standard InChI is InChI=1S/C26H25N3O7S/c1-5-35-16-12-10-15(11-13-16)29-25(31)20-18(21(28-29)26(32)36-6-2)14-37-24(20)27-23(30)17-8-7-9-19(33-3)22(17)34-4/h7-14H,5-6H2,1-4H3,(H,27,30). The van der Waals surface area contributed by atoms with E-state index >= 15 is 0 Å². The molecule has 10 nitrogen and oxygen atoms in total. The average molecular weight is 524 g/mol.